The van der Waals surface area contributed by atoms with Crippen LogP contribution in [0.25, 0.3) is 0 Å². The molecule has 5 nitrogen and oxygen atoms in total. The van der Waals surface area contributed by atoms with Crippen LogP contribution in [0.1, 0.15) is 47.0 Å². The van der Waals surface area contributed by atoms with Crippen molar-refractivity contribution in [2.75, 3.05) is 13.2 Å². The van der Waals surface area contributed by atoms with E-state index in [4.69, 9.17) is 10.5 Å². The third kappa shape index (κ3) is 1.98. The number of hydrogen-bond donors (Lipinski definition) is 3. The maximum absolute atomic E-state index is 12.6. The number of nitrogens with one attached hydrogen (secondary N) is 1. The number of amides is 1. The topological polar surface area (TPSA) is 84.6 Å². The number of ether oxygens (including phenoxy) is 1. The van der Waals surface area contributed by atoms with E-state index in [9.17, 15) is 9.90 Å². The summed E-state index contributed by atoms with van der Waals surface area (Å²) in [5.74, 6) is -0.0663. The highest BCUT2D eigenvalue weighted by atomic mass is 16.5. The summed E-state index contributed by atoms with van der Waals surface area (Å²) in [6.07, 6.45) is 2.14. The van der Waals surface area contributed by atoms with Gasteiger partial charge < -0.3 is 20.9 Å². The quantitative estimate of drug-likeness (QED) is 0.697. The Hall–Kier alpha value is -0.650. The lowest BCUT2D eigenvalue weighted by Crippen LogP contribution is -2.80. The van der Waals surface area contributed by atoms with Gasteiger partial charge in [0.1, 0.15) is 5.54 Å². The van der Waals surface area contributed by atoms with Gasteiger partial charge >= 0.3 is 0 Å². The number of rotatable bonds is 5. The molecule has 0 aromatic carbocycles. The number of aliphatic hydroxyl groups is 1. The zero-order valence-electron chi connectivity index (χ0n) is 13.0. The van der Waals surface area contributed by atoms with Crippen molar-refractivity contribution in [2.24, 2.45) is 17.1 Å². The van der Waals surface area contributed by atoms with Crippen LogP contribution in [0.15, 0.2) is 0 Å². The van der Waals surface area contributed by atoms with Crippen LogP contribution in [-0.4, -0.2) is 41.4 Å². The van der Waals surface area contributed by atoms with Gasteiger partial charge in [0.2, 0.25) is 5.91 Å². The van der Waals surface area contributed by atoms with Crippen molar-refractivity contribution < 1.29 is 14.6 Å². The summed E-state index contributed by atoms with van der Waals surface area (Å²) in [5, 5.41) is 13.1. The molecule has 1 aliphatic heterocycles. The molecule has 3 atom stereocenters. The molecule has 0 aromatic rings. The number of nitrogens with two attached hydrogens (primary N) is 1. The SMILES string of the molecule is CCC(O)(CC)CNC(=O)C1(N)C2CCOC2C1(C)C. The minimum atomic E-state index is -0.892. The molecule has 20 heavy (non-hydrogen) atoms. The van der Waals surface area contributed by atoms with Gasteiger partial charge in [0.05, 0.1) is 11.7 Å². The molecule has 1 saturated carbocycles. The summed E-state index contributed by atoms with van der Waals surface area (Å²) in [5.41, 5.74) is 4.35. The largest absolute Gasteiger partial charge is 0.388 e. The Balaban J connectivity index is 2.05. The Bertz CT molecular complexity index is 393. The summed E-state index contributed by atoms with van der Waals surface area (Å²) in [7, 11) is 0. The average molecular weight is 284 g/mol. The normalized spacial score (nSPS) is 35.3. The van der Waals surface area contributed by atoms with Crippen molar-refractivity contribution in [3.8, 4) is 0 Å². The lowest BCUT2D eigenvalue weighted by molar-refractivity contribution is -0.176. The molecule has 0 radical (unpaired) electrons. The maximum Gasteiger partial charge on any atom is 0.241 e. The fourth-order valence-electron chi connectivity index (χ4n) is 3.74. The van der Waals surface area contributed by atoms with Crippen LogP contribution >= 0.6 is 0 Å². The van der Waals surface area contributed by atoms with Crippen LogP contribution in [0.4, 0.5) is 0 Å². The smallest absolute Gasteiger partial charge is 0.241 e. The van der Waals surface area contributed by atoms with Gasteiger partial charge in [-0.1, -0.05) is 27.7 Å². The van der Waals surface area contributed by atoms with Crippen LogP contribution in [-0.2, 0) is 9.53 Å². The van der Waals surface area contributed by atoms with Crippen LogP contribution in [0, 0.1) is 11.3 Å². The average Bonchev–Trinajstić information content (AvgIpc) is 2.91. The van der Waals surface area contributed by atoms with Gasteiger partial charge in [0.25, 0.3) is 0 Å². The van der Waals surface area contributed by atoms with Crippen molar-refractivity contribution in [1.29, 1.82) is 0 Å². The number of carbonyl (C=O) groups is 1. The zero-order valence-corrected chi connectivity index (χ0v) is 13.0. The van der Waals surface area contributed by atoms with Gasteiger partial charge in [0, 0.05) is 24.5 Å². The Morgan fingerprint density at radius 3 is 2.60 bits per heavy atom. The first-order valence-corrected chi connectivity index (χ1v) is 7.64. The molecule has 3 unspecified atom stereocenters. The molecule has 2 rings (SSSR count). The summed E-state index contributed by atoms with van der Waals surface area (Å²) < 4.78 is 5.69. The van der Waals surface area contributed by atoms with Crippen molar-refractivity contribution in [3.05, 3.63) is 0 Å². The zero-order chi connectivity index (χ0) is 15.2. The second-order valence-electron chi connectivity index (χ2n) is 6.89. The number of carbonyl (C=O) groups excluding carboxylic acids is 1. The summed E-state index contributed by atoms with van der Waals surface area (Å²) in [4.78, 5) is 12.6. The van der Waals surface area contributed by atoms with E-state index in [1.807, 2.05) is 27.7 Å². The molecule has 5 heteroatoms. The van der Waals surface area contributed by atoms with Gasteiger partial charge in [-0.15, -0.1) is 0 Å². The molecule has 1 heterocycles. The van der Waals surface area contributed by atoms with Crippen molar-refractivity contribution in [2.45, 2.75) is 64.2 Å². The van der Waals surface area contributed by atoms with E-state index >= 15 is 0 Å². The van der Waals surface area contributed by atoms with Crippen molar-refractivity contribution in [1.82, 2.24) is 5.32 Å². The Morgan fingerprint density at radius 1 is 1.45 bits per heavy atom. The molecular weight excluding hydrogens is 256 g/mol. The molecule has 0 bridgehead atoms. The summed E-state index contributed by atoms with van der Waals surface area (Å²) in [6.45, 7) is 8.75. The minimum Gasteiger partial charge on any atom is -0.388 e. The maximum atomic E-state index is 12.6. The van der Waals surface area contributed by atoms with E-state index in [1.54, 1.807) is 0 Å². The standard InChI is InChI=1S/C15H28N2O3/c1-5-14(19,6-2)9-17-12(18)15(16)10-7-8-20-11(10)13(15,3)4/h10-11,19H,5-9,16H2,1-4H3,(H,17,18). The predicted molar refractivity (Wildman–Crippen MR) is 77.1 cm³/mol. The first-order valence-electron chi connectivity index (χ1n) is 7.64. The van der Waals surface area contributed by atoms with Gasteiger partial charge in [-0.2, -0.15) is 0 Å². The minimum absolute atomic E-state index is 0.0782. The first kappa shape index (κ1) is 15.7. The fraction of sp³-hybridized carbons (Fsp3) is 0.933. The molecule has 1 aliphatic carbocycles. The van der Waals surface area contributed by atoms with E-state index in [1.165, 1.54) is 0 Å². The fourth-order valence-corrected chi connectivity index (χ4v) is 3.74. The van der Waals surface area contributed by atoms with E-state index in [2.05, 4.69) is 5.32 Å². The Labute approximate surface area is 121 Å². The molecule has 1 amide bonds. The number of fused-ring (bicyclic) bond motifs is 1. The lowest BCUT2D eigenvalue weighted by atomic mass is 9.48. The lowest BCUT2D eigenvalue weighted by Gasteiger charge is -2.60. The number of hydrogen-bond acceptors (Lipinski definition) is 4. The second kappa shape index (κ2) is 4.97. The van der Waals surface area contributed by atoms with Crippen molar-refractivity contribution in [3.63, 3.8) is 0 Å². The van der Waals surface area contributed by atoms with Crippen LogP contribution < -0.4 is 11.1 Å². The molecule has 2 aliphatic rings. The highest BCUT2D eigenvalue weighted by Gasteiger charge is 2.71. The molecule has 1 saturated heterocycles. The summed E-state index contributed by atoms with van der Waals surface area (Å²) in [6, 6.07) is 0. The molecular formula is C15H28N2O3. The first-order chi connectivity index (χ1) is 9.23. The third-order valence-electron chi connectivity index (χ3n) is 5.72. The van der Waals surface area contributed by atoms with E-state index in [0.29, 0.717) is 19.4 Å². The van der Waals surface area contributed by atoms with Crippen molar-refractivity contribution >= 4 is 5.91 Å². The summed E-state index contributed by atoms with van der Waals surface area (Å²) >= 11 is 0. The van der Waals surface area contributed by atoms with E-state index < -0.39 is 11.1 Å². The van der Waals surface area contributed by atoms with Gasteiger partial charge in [-0.25, -0.2) is 0 Å². The van der Waals surface area contributed by atoms with E-state index in [-0.39, 0.29) is 29.9 Å². The Morgan fingerprint density at radius 2 is 2.05 bits per heavy atom. The molecule has 4 N–H and O–H groups in total. The van der Waals surface area contributed by atoms with Crippen LogP contribution in [0.2, 0.25) is 0 Å². The predicted octanol–water partition coefficient (Wildman–Crippen LogP) is 0.796. The van der Waals surface area contributed by atoms with Gasteiger partial charge in [-0.3, -0.25) is 4.79 Å². The van der Waals surface area contributed by atoms with E-state index in [0.717, 1.165) is 6.42 Å². The Kier molecular flexibility index (Phi) is 3.91. The highest BCUT2D eigenvalue weighted by Crippen LogP contribution is 2.58. The van der Waals surface area contributed by atoms with Crippen LogP contribution in [0.5, 0.6) is 0 Å². The molecule has 0 aromatic heterocycles. The molecule has 2 fully saturated rings. The molecule has 0 spiro atoms. The molecule has 116 valence electrons. The third-order valence-corrected chi connectivity index (χ3v) is 5.72. The monoisotopic (exact) mass is 284 g/mol. The van der Waals surface area contributed by atoms with Crippen LogP contribution in [0.3, 0.4) is 0 Å². The second-order valence-corrected chi connectivity index (χ2v) is 6.89. The van der Waals surface area contributed by atoms with Gasteiger partial charge in [0.15, 0.2) is 0 Å². The highest BCUT2D eigenvalue weighted by molar-refractivity contribution is 5.89. The van der Waals surface area contributed by atoms with Gasteiger partial charge in [-0.05, 0) is 19.3 Å².